The summed E-state index contributed by atoms with van der Waals surface area (Å²) in [6.45, 7) is 7.33. The second-order valence-electron chi connectivity index (χ2n) is 4.43. The molecule has 0 spiro atoms. The number of rotatable bonds is 2. The van der Waals surface area contributed by atoms with Gasteiger partial charge in [-0.2, -0.15) is 0 Å². The molecule has 0 aliphatic heterocycles. The van der Waals surface area contributed by atoms with Gasteiger partial charge < -0.3 is 5.32 Å². The fourth-order valence-corrected chi connectivity index (χ4v) is 2.66. The molecule has 1 N–H and O–H groups in total. The molecule has 0 saturated carbocycles. The lowest BCUT2D eigenvalue weighted by Gasteiger charge is -2.19. The Bertz CT molecular complexity index is 362. The molecule has 1 aliphatic carbocycles. The number of hydrogen-bond acceptors (Lipinski definition) is 1. The third-order valence-electron chi connectivity index (χ3n) is 3.62. The summed E-state index contributed by atoms with van der Waals surface area (Å²) in [5.74, 6) is 0.731. The van der Waals surface area contributed by atoms with Crippen LogP contribution < -0.4 is 5.32 Å². The van der Waals surface area contributed by atoms with E-state index in [2.05, 4.69) is 26.1 Å². The van der Waals surface area contributed by atoms with Crippen molar-refractivity contribution >= 4 is 0 Å². The van der Waals surface area contributed by atoms with Gasteiger partial charge in [0.2, 0.25) is 0 Å². The van der Waals surface area contributed by atoms with E-state index in [1.165, 1.54) is 0 Å². The molecule has 0 bridgehead atoms. The molecule has 1 aliphatic rings. The Hall–Kier alpha value is -0.890. The van der Waals surface area contributed by atoms with Crippen LogP contribution in [0.5, 0.6) is 0 Å². The average Bonchev–Trinajstić information content (AvgIpc) is 2.45. The van der Waals surface area contributed by atoms with Gasteiger partial charge in [-0.25, -0.2) is 4.39 Å². The lowest BCUT2D eigenvalue weighted by atomic mass is 9.94. The smallest absolute Gasteiger partial charge is 0.127 e. The van der Waals surface area contributed by atoms with E-state index in [9.17, 15) is 4.39 Å². The summed E-state index contributed by atoms with van der Waals surface area (Å²) in [4.78, 5) is 0. The van der Waals surface area contributed by atoms with Crippen LogP contribution in [-0.4, -0.2) is 6.54 Å². The van der Waals surface area contributed by atoms with Crippen molar-refractivity contribution in [2.45, 2.75) is 32.7 Å². The Kier molecular flexibility index (Phi) is 2.79. The van der Waals surface area contributed by atoms with Crippen LogP contribution in [0.4, 0.5) is 4.39 Å². The average molecular weight is 207 g/mol. The third kappa shape index (κ3) is 1.57. The molecule has 82 valence electrons. The van der Waals surface area contributed by atoms with Gasteiger partial charge >= 0.3 is 0 Å². The first-order valence-electron chi connectivity index (χ1n) is 5.68. The summed E-state index contributed by atoms with van der Waals surface area (Å²) in [6, 6.07) is 5.74. The van der Waals surface area contributed by atoms with Gasteiger partial charge in [-0.05, 0) is 35.6 Å². The van der Waals surface area contributed by atoms with E-state index in [4.69, 9.17) is 0 Å². The monoisotopic (exact) mass is 207 g/mol. The van der Waals surface area contributed by atoms with Crippen molar-refractivity contribution < 1.29 is 4.39 Å². The van der Waals surface area contributed by atoms with Crippen LogP contribution >= 0.6 is 0 Å². The molecule has 2 heteroatoms. The first kappa shape index (κ1) is 10.6. The molecule has 0 fully saturated rings. The van der Waals surface area contributed by atoms with Crippen LogP contribution in [0.3, 0.4) is 0 Å². The molecular weight excluding hydrogens is 189 g/mol. The topological polar surface area (TPSA) is 12.0 Å². The Labute approximate surface area is 90.7 Å². The summed E-state index contributed by atoms with van der Waals surface area (Å²) in [7, 11) is 0. The second kappa shape index (κ2) is 3.93. The fourth-order valence-electron chi connectivity index (χ4n) is 2.66. The number of benzene rings is 1. The summed E-state index contributed by atoms with van der Waals surface area (Å²) in [5.41, 5.74) is 2.06. The van der Waals surface area contributed by atoms with Gasteiger partial charge in [0.1, 0.15) is 5.82 Å². The highest BCUT2D eigenvalue weighted by Gasteiger charge is 2.36. The van der Waals surface area contributed by atoms with E-state index in [1.54, 1.807) is 6.07 Å². The zero-order valence-corrected chi connectivity index (χ0v) is 9.55. The van der Waals surface area contributed by atoms with Crippen molar-refractivity contribution in [3.63, 3.8) is 0 Å². The van der Waals surface area contributed by atoms with Gasteiger partial charge in [0.05, 0.1) is 0 Å². The van der Waals surface area contributed by atoms with Crippen molar-refractivity contribution in [3.8, 4) is 0 Å². The predicted octanol–water partition coefficient (Wildman–Crippen LogP) is 3.23. The molecule has 3 unspecified atom stereocenters. The number of nitrogens with one attached hydrogen (secondary N) is 1. The minimum atomic E-state index is -0.0488. The van der Waals surface area contributed by atoms with E-state index in [1.807, 2.05) is 12.1 Å². The highest BCUT2D eigenvalue weighted by atomic mass is 19.1. The Morgan fingerprint density at radius 3 is 2.73 bits per heavy atom. The zero-order chi connectivity index (χ0) is 11.0. The Morgan fingerprint density at radius 1 is 1.33 bits per heavy atom. The maximum absolute atomic E-state index is 13.7. The minimum Gasteiger partial charge on any atom is -0.310 e. The highest BCUT2D eigenvalue weighted by Crippen LogP contribution is 2.45. The lowest BCUT2D eigenvalue weighted by Crippen LogP contribution is -2.24. The van der Waals surface area contributed by atoms with Crippen molar-refractivity contribution in [1.82, 2.24) is 5.32 Å². The molecule has 0 radical (unpaired) electrons. The van der Waals surface area contributed by atoms with E-state index in [0.717, 1.165) is 17.7 Å². The van der Waals surface area contributed by atoms with Crippen LogP contribution in [0.1, 0.15) is 43.9 Å². The van der Waals surface area contributed by atoms with Gasteiger partial charge in [0.25, 0.3) is 0 Å². The van der Waals surface area contributed by atoms with Gasteiger partial charge in [-0.1, -0.05) is 32.9 Å². The normalized spacial score (nSPS) is 29.2. The van der Waals surface area contributed by atoms with Gasteiger partial charge in [-0.15, -0.1) is 0 Å². The first-order chi connectivity index (χ1) is 7.16. The van der Waals surface area contributed by atoms with Crippen molar-refractivity contribution in [1.29, 1.82) is 0 Å². The van der Waals surface area contributed by atoms with Crippen LogP contribution in [0.2, 0.25) is 0 Å². The molecule has 0 amide bonds. The maximum Gasteiger partial charge on any atom is 0.127 e. The number of halogens is 1. The summed E-state index contributed by atoms with van der Waals surface area (Å²) >= 11 is 0. The first-order valence-corrected chi connectivity index (χ1v) is 5.68. The van der Waals surface area contributed by atoms with Crippen LogP contribution in [0.25, 0.3) is 0 Å². The van der Waals surface area contributed by atoms with Crippen LogP contribution in [-0.2, 0) is 0 Å². The van der Waals surface area contributed by atoms with Gasteiger partial charge in [0, 0.05) is 6.04 Å². The standard InChI is InChI=1S/C13H18FN/c1-4-15-13-9(3)8(2)12-10(13)6-5-7-11(12)14/h5-9,13,15H,4H2,1-3H3. The van der Waals surface area contributed by atoms with Crippen molar-refractivity contribution in [3.05, 3.63) is 35.1 Å². The quantitative estimate of drug-likeness (QED) is 0.785. The maximum atomic E-state index is 13.7. The van der Waals surface area contributed by atoms with Gasteiger partial charge in [-0.3, -0.25) is 0 Å². The summed E-state index contributed by atoms with van der Waals surface area (Å²) in [5, 5.41) is 3.44. The van der Waals surface area contributed by atoms with E-state index in [-0.39, 0.29) is 5.82 Å². The second-order valence-corrected chi connectivity index (χ2v) is 4.43. The molecule has 0 aromatic heterocycles. The largest absolute Gasteiger partial charge is 0.310 e. The molecule has 1 aromatic carbocycles. The molecule has 1 nitrogen and oxygen atoms in total. The zero-order valence-electron chi connectivity index (χ0n) is 9.55. The Balaban J connectivity index is 2.46. The number of fused-ring (bicyclic) bond motifs is 1. The molecule has 1 aromatic rings. The molecule has 15 heavy (non-hydrogen) atoms. The van der Waals surface area contributed by atoms with E-state index in [0.29, 0.717) is 17.9 Å². The van der Waals surface area contributed by atoms with Gasteiger partial charge in [0.15, 0.2) is 0 Å². The van der Waals surface area contributed by atoms with Crippen LogP contribution in [0, 0.1) is 11.7 Å². The van der Waals surface area contributed by atoms with Crippen molar-refractivity contribution in [2.24, 2.45) is 5.92 Å². The summed E-state index contributed by atoms with van der Waals surface area (Å²) < 4.78 is 13.7. The molecule has 0 saturated heterocycles. The highest BCUT2D eigenvalue weighted by molar-refractivity contribution is 5.40. The molecule has 2 rings (SSSR count). The van der Waals surface area contributed by atoms with Crippen molar-refractivity contribution in [2.75, 3.05) is 6.54 Å². The predicted molar refractivity (Wildman–Crippen MR) is 60.4 cm³/mol. The van der Waals surface area contributed by atoms with Crippen LogP contribution in [0.15, 0.2) is 18.2 Å². The molecular formula is C13H18FN. The lowest BCUT2D eigenvalue weighted by molar-refractivity contribution is 0.384. The van der Waals surface area contributed by atoms with E-state index < -0.39 is 0 Å². The fraction of sp³-hybridized carbons (Fsp3) is 0.538. The minimum absolute atomic E-state index is 0.0488. The number of hydrogen-bond donors (Lipinski definition) is 1. The molecule has 0 heterocycles. The Morgan fingerprint density at radius 2 is 2.07 bits per heavy atom. The SMILES string of the molecule is CCNC1c2cccc(F)c2C(C)C1C. The van der Waals surface area contributed by atoms with E-state index >= 15 is 0 Å². The summed E-state index contributed by atoms with van der Waals surface area (Å²) in [6.07, 6.45) is 0. The molecule has 3 atom stereocenters. The third-order valence-corrected chi connectivity index (χ3v) is 3.62.